The van der Waals surface area contributed by atoms with Crippen LogP contribution in [0.1, 0.15) is 22.8 Å². The van der Waals surface area contributed by atoms with Crippen molar-refractivity contribution in [3.63, 3.8) is 0 Å². The van der Waals surface area contributed by atoms with Gasteiger partial charge in [-0.15, -0.1) is 0 Å². The van der Waals surface area contributed by atoms with Crippen LogP contribution < -0.4 is 4.74 Å². The quantitative estimate of drug-likeness (QED) is 0.891. The Bertz CT molecular complexity index is 560. The van der Waals surface area contributed by atoms with E-state index in [2.05, 4.69) is 13.0 Å². The minimum Gasteiger partial charge on any atom is -0.493 e. The molecule has 0 aromatic heterocycles. The lowest BCUT2D eigenvalue weighted by molar-refractivity contribution is 0.0645. The Morgan fingerprint density at radius 2 is 1.84 bits per heavy atom. The van der Waals surface area contributed by atoms with E-state index in [1.165, 1.54) is 11.1 Å². The van der Waals surface area contributed by atoms with E-state index in [0.29, 0.717) is 6.61 Å². The van der Waals surface area contributed by atoms with Crippen molar-refractivity contribution < 1.29 is 9.84 Å². The van der Waals surface area contributed by atoms with E-state index in [1.807, 2.05) is 42.5 Å². The van der Waals surface area contributed by atoms with Crippen molar-refractivity contribution in [3.05, 3.63) is 65.2 Å². The molecule has 3 rings (SSSR count). The van der Waals surface area contributed by atoms with E-state index in [9.17, 15) is 5.11 Å². The number of fused-ring (bicyclic) bond motifs is 1. The molecular formula is C17H18O2. The van der Waals surface area contributed by atoms with Crippen molar-refractivity contribution in [1.29, 1.82) is 0 Å². The van der Waals surface area contributed by atoms with Gasteiger partial charge in [-0.05, 0) is 30.5 Å². The third-order valence-corrected chi connectivity index (χ3v) is 3.77. The first-order valence-electron chi connectivity index (χ1n) is 6.69. The number of para-hydroxylation sites is 1. The van der Waals surface area contributed by atoms with E-state index < -0.39 is 6.10 Å². The SMILES string of the molecule is Cc1ccc(C(O)C2COc3ccccc3C2)cc1. The van der Waals surface area contributed by atoms with Gasteiger partial charge < -0.3 is 9.84 Å². The maximum Gasteiger partial charge on any atom is 0.122 e. The Hall–Kier alpha value is -1.80. The van der Waals surface area contributed by atoms with E-state index >= 15 is 0 Å². The molecule has 2 heteroatoms. The monoisotopic (exact) mass is 254 g/mol. The molecule has 0 amide bonds. The van der Waals surface area contributed by atoms with E-state index in [1.54, 1.807) is 0 Å². The molecule has 1 heterocycles. The van der Waals surface area contributed by atoms with Crippen LogP contribution in [0.2, 0.25) is 0 Å². The molecule has 0 bridgehead atoms. The molecule has 0 radical (unpaired) electrons. The summed E-state index contributed by atoms with van der Waals surface area (Å²) in [5.41, 5.74) is 3.37. The number of aliphatic hydroxyl groups excluding tert-OH is 1. The number of aryl methyl sites for hydroxylation is 1. The molecule has 98 valence electrons. The van der Waals surface area contributed by atoms with E-state index in [-0.39, 0.29) is 5.92 Å². The maximum atomic E-state index is 10.5. The van der Waals surface area contributed by atoms with Crippen molar-refractivity contribution in [2.45, 2.75) is 19.4 Å². The number of ether oxygens (including phenoxy) is 1. The summed E-state index contributed by atoms with van der Waals surface area (Å²) in [6.45, 7) is 2.63. The fourth-order valence-electron chi connectivity index (χ4n) is 2.59. The summed E-state index contributed by atoms with van der Waals surface area (Å²) < 4.78 is 5.74. The van der Waals surface area contributed by atoms with Gasteiger partial charge in [0.05, 0.1) is 12.7 Å². The Morgan fingerprint density at radius 3 is 2.63 bits per heavy atom. The number of benzene rings is 2. The standard InChI is InChI=1S/C17H18O2/c1-12-6-8-13(9-7-12)17(18)15-10-14-4-2-3-5-16(14)19-11-15/h2-9,15,17-18H,10-11H2,1H3. The van der Waals surface area contributed by atoms with Crippen LogP contribution in [-0.2, 0) is 6.42 Å². The predicted octanol–water partition coefficient (Wildman–Crippen LogP) is 3.28. The minimum atomic E-state index is -0.464. The average Bonchev–Trinajstić information content (AvgIpc) is 2.47. The van der Waals surface area contributed by atoms with Gasteiger partial charge in [0.25, 0.3) is 0 Å². The van der Waals surface area contributed by atoms with Crippen LogP contribution in [0.4, 0.5) is 0 Å². The molecular weight excluding hydrogens is 236 g/mol. The van der Waals surface area contributed by atoms with Gasteiger partial charge in [-0.2, -0.15) is 0 Å². The predicted molar refractivity (Wildman–Crippen MR) is 75.3 cm³/mol. The lowest BCUT2D eigenvalue weighted by Gasteiger charge is -2.29. The molecule has 2 atom stereocenters. The summed E-state index contributed by atoms with van der Waals surface area (Å²) in [6.07, 6.45) is 0.402. The molecule has 1 N–H and O–H groups in total. The summed E-state index contributed by atoms with van der Waals surface area (Å²) in [4.78, 5) is 0. The highest BCUT2D eigenvalue weighted by molar-refractivity contribution is 5.36. The Morgan fingerprint density at radius 1 is 1.11 bits per heavy atom. The van der Waals surface area contributed by atoms with Gasteiger partial charge in [0.1, 0.15) is 5.75 Å². The summed E-state index contributed by atoms with van der Waals surface area (Å²) in [5.74, 6) is 1.08. The first kappa shape index (κ1) is 12.2. The second-order valence-electron chi connectivity index (χ2n) is 5.24. The number of hydrogen-bond donors (Lipinski definition) is 1. The first-order valence-corrected chi connectivity index (χ1v) is 6.69. The van der Waals surface area contributed by atoms with Crippen LogP contribution in [0.5, 0.6) is 5.75 Å². The summed E-state index contributed by atoms with van der Waals surface area (Å²) in [7, 11) is 0. The maximum absolute atomic E-state index is 10.5. The number of aliphatic hydroxyl groups is 1. The van der Waals surface area contributed by atoms with Gasteiger partial charge >= 0.3 is 0 Å². The highest BCUT2D eigenvalue weighted by Gasteiger charge is 2.26. The van der Waals surface area contributed by atoms with Gasteiger partial charge in [-0.25, -0.2) is 0 Å². The zero-order chi connectivity index (χ0) is 13.2. The highest BCUT2D eigenvalue weighted by Crippen LogP contribution is 2.33. The molecule has 0 saturated heterocycles. The van der Waals surface area contributed by atoms with Crippen LogP contribution in [0.3, 0.4) is 0 Å². The molecule has 2 aromatic carbocycles. The van der Waals surface area contributed by atoms with Gasteiger partial charge in [-0.1, -0.05) is 48.0 Å². The largest absolute Gasteiger partial charge is 0.493 e. The van der Waals surface area contributed by atoms with Crippen LogP contribution >= 0.6 is 0 Å². The van der Waals surface area contributed by atoms with Crippen molar-refractivity contribution in [1.82, 2.24) is 0 Å². The fourth-order valence-corrected chi connectivity index (χ4v) is 2.59. The van der Waals surface area contributed by atoms with Crippen LogP contribution in [0.15, 0.2) is 48.5 Å². The van der Waals surface area contributed by atoms with Crippen molar-refractivity contribution in [2.24, 2.45) is 5.92 Å². The summed E-state index contributed by atoms with van der Waals surface area (Å²) >= 11 is 0. The topological polar surface area (TPSA) is 29.5 Å². The number of hydrogen-bond acceptors (Lipinski definition) is 2. The summed E-state index contributed by atoms with van der Waals surface area (Å²) in [5, 5.41) is 10.5. The summed E-state index contributed by atoms with van der Waals surface area (Å²) in [6, 6.07) is 16.1. The Labute approximate surface area is 113 Å². The third kappa shape index (κ3) is 2.49. The fraction of sp³-hybridized carbons (Fsp3) is 0.294. The molecule has 0 spiro atoms. The normalized spacial score (nSPS) is 19.4. The molecule has 2 aromatic rings. The van der Waals surface area contributed by atoms with Crippen molar-refractivity contribution in [3.8, 4) is 5.75 Å². The zero-order valence-corrected chi connectivity index (χ0v) is 11.0. The second kappa shape index (κ2) is 5.06. The van der Waals surface area contributed by atoms with Gasteiger partial charge in [-0.3, -0.25) is 0 Å². The molecule has 2 unspecified atom stereocenters. The molecule has 0 saturated carbocycles. The second-order valence-corrected chi connectivity index (χ2v) is 5.24. The van der Waals surface area contributed by atoms with Gasteiger partial charge in [0, 0.05) is 5.92 Å². The Kier molecular flexibility index (Phi) is 3.26. The van der Waals surface area contributed by atoms with Crippen LogP contribution in [-0.4, -0.2) is 11.7 Å². The molecule has 19 heavy (non-hydrogen) atoms. The molecule has 0 fully saturated rings. The smallest absolute Gasteiger partial charge is 0.122 e. The van der Waals surface area contributed by atoms with Crippen LogP contribution in [0, 0.1) is 12.8 Å². The highest BCUT2D eigenvalue weighted by atomic mass is 16.5. The lowest BCUT2D eigenvalue weighted by atomic mass is 9.88. The van der Waals surface area contributed by atoms with Crippen LogP contribution in [0.25, 0.3) is 0 Å². The van der Waals surface area contributed by atoms with E-state index in [0.717, 1.165) is 17.7 Å². The minimum absolute atomic E-state index is 0.123. The number of rotatable bonds is 2. The zero-order valence-electron chi connectivity index (χ0n) is 11.0. The Balaban J connectivity index is 1.79. The first-order chi connectivity index (χ1) is 9.24. The van der Waals surface area contributed by atoms with Crippen molar-refractivity contribution >= 4 is 0 Å². The third-order valence-electron chi connectivity index (χ3n) is 3.77. The molecule has 2 nitrogen and oxygen atoms in total. The van der Waals surface area contributed by atoms with Gasteiger partial charge in [0.2, 0.25) is 0 Å². The lowest BCUT2D eigenvalue weighted by Crippen LogP contribution is -2.26. The van der Waals surface area contributed by atoms with Gasteiger partial charge in [0.15, 0.2) is 0 Å². The average molecular weight is 254 g/mol. The molecule has 0 aliphatic carbocycles. The molecule has 1 aliphatic rings. The van der Waals surface area contributed by atoms with Crippen molar-refractivity contribution in [2.75, 3.05) is 6.61 Å². The molecule has 1 aliphatic heterocycles. The van der Waals surface area contributed by atoms with E-state index in [4.69, 9.17) is 4.74 Å².